The number of rotatable bonds is 6. The number of methoxy groups -OCH3 is 1. The second-order valence-corrected chi connectivity index (χ2v) is 6.38. The normalized spacial score (nSPS) is 13.2. The number of ether oxygens (including phenoxy) is 1. The Morgan fingerprint density at radius 3 is 2.60 bits per heavy atom. The van der Waals surface area contributed by atoms with Crippen LogP contribution in [0.15, 0.2) is 28.8 Å². The predicted octanol–water partition coefficient (Wildman–Crippen LogP) is 3.63. The fraction of sp³-hybridized carbons (Fsp3) is 0.474. The van der Waals surface area contributed by atoms with E-state index >= 15 is 0 Å². The molecule has 0 aliphatic rings. The molecule has 0 radical (unpaired) electrons. The third-order valence-corrected chi connectivity index (χ3v) is 4.55. The van der Waals surface area contributed by atoms with Crippen LogP contribution >= 0.6 is 0 Å². The van der Waals surface area contributed by atoms with Crippen LogP contribution in [-0.2, 0) is 6.42 Å². The molecular weight excluding hydrogens is 318 g/mol. The van der Waals surface area contributed by atoms with Gasteiger partial charge in [-0.1, -0.05) is 23.4 Å². The summed E-state index contributed by atoms with van der Waals surface area (Å²) in [5.41, 5.74) is 2.81. The van der Waals surface area contributed by atoms with Gasteiger partial charge in [0.25, 0.3) is 0 Å². The monoisotopic (exact) mass is 345 g/mol. The van der Waals surface area contributed by atoms with Crippen molar-refractivity contribution in [3.05, 3.63) is 46.8 Å². The first-order valence-electron chi connectivity index (χ1n) is 8.43. The molecule has 1 heterocycles. The van der Waals surface area contributed by atoms with Crippen LogP contribution in [0.1, 0.15) is 42.5 Å². The average Bonchev–Trinajstić information content (AvgIpc) is 2.93. The van der Waals surface area contributed by atoms with Crippen molar-refractivity contribution in [1.82, 2.24) is 15.4 Å². The van der Waals surface area contributed by atoms with Crippen LogP contribution in [0.25, 0.3) is 0 Å². The molecule has 0 fully saturated rings. The molecule has 0 spiro atoms. The lowest BCUT2D eigenvalue weighted by molar-refractivity contribution is 0.190. The number of para-hydroxylation sites is 1. The third kappa shape index (κ3) is 4.32. The van der Waals surface area contributed by atoms with E-state index in [9.17, 15) is 4.79 Å². The van der Waals surface area contributed by atoms with Gasteiger partial charge in [0.15, 0.2) is 0 Å². The van der Waals surface area contributed by atoms with Crippen molar-refractivity contribution in [3.63, 3.8) is 0 Å². The van der Waals surface area contributed by atoms with Gasteiger partial charge in [-0.25, -0.2) is 4.79 Å². The lowest BCUT2D eigenvalue weighted by Gasteiger charge is -2.27. The molecule has 2 rings (SSSR count). The number of benzene rings is 1. The molecule has 6 nitrogen and oxygen atoms in total. The number of hydrogen-bond donors (Lipinski definition) is 1. The van der Waals surface area contributed by atoms with Crippen LogP contribution in [0.2, 0.25) is 0 Å². The largest absolute Gasteiger partial charge is 0.496 e. The SMILES string of the molecule is COc1ccccc1C[C@@H](C)N(C)C(=O)N[C@H](C)c1c(C)noc1C. The van der Waals surface area contributed by atoms with E-state index in [0.29, 0.717) is 6.42 Å². The minimum Gasteiger partial charge on any atom is -0.496 e. The maximum Gasteiger partial charge on any atom is 0.317 e. The Hall–Kier alpha value is -2.50. The van der Waals surface area contributed by atoms with Crippen LogP contribution in [-0.4, -0.2) is 36.3 Å². The minimum absolute atomic E-state index is 0.0215. The van der Waals surface area contributed by atoms with E-state index in [2.05, 4.69) is 10.5 Å². The van der Waals surface area contributed by atoms with Crippen molar-refractivity contribution >= 4 is 6.03 Å². The molecule has 25 heavy (non-hydrogen) atoms. The predicted molar refractivity (Wildman–Crippen MR) is 96.8 cm³/mol. The topological polar surface area (TPSA) is 67.6 Å². The molecule has 1 N–H and O–H groups in total. The summed E-state index contributed by atoms with van der Waals surface area (Å²) in [5.74, 6) is 1.57. The summed E-state index contributed by atoms with van der Waals surface area (Å²) < 4.78 is 10.6. The summed E-state index contributed by atoms with van der Waals surface area (Å²) in [6.07, 6.45) is 0.716. The lowest BCUT2D eigenvalue weighted by atomic mass is 10.1. The number of nitrogens with one attached hydrogen (secondary N) is 1. The maximum atomic E-state index is 12.6. The molecule has 0 unspecified atom stereocenters. The molecule has 2 amide bonds. The summed E-state index contributed by atoms with van der Waals surface area (Å²) in [7, 11) is 3.46. The second kappa shape index (κ2) is 8.05. The first-order chi connectivity index (χ1) is 11.8. The summed E-state index contributed by atoms with van der Waals surface area (Å²) in [6.45, 7) is 7.68. The van der Waals surface area contributed by atoms with Crippen molar-refractivity contribution in [3.8, 4) is 5.75 Å². The zero-order valence-electron chi connectivity index (χ0n) is 15.8. The molecule has 6 heteroatoms. The highest BCUT2D eigenvalue weighted by Gasteiger charge is 2.22. The molecule has 1 aromatic carbocycles. The van der Waals surface area contributed by atoms with Crippen LogP contribution in [0, 0.1) is 13.8 Å². The fourth-order valence-electron chi connectivity index (χ4n) is 2.99. The third-order valence-electron chi connectivity index (χ3n) is 4.55. The molecule has 2 aromatic rings. The van der Waals surface area contributed by atoms with Gasteiger partial charge >= 0.3 is 6.03 Å². The van der Waals surface area contributed by atoms with Crippen molar-refractivity contribution in [2.45, 2.75) is 46.2 Å². The van der Waals surface area contributed by atoms with Crippen molar-refractivity contribution in [2.24, 2.45) is 0 Å². The molecule has 0 bridgehead atoms. The lowest BCUT2D eigenvalue weighted by Crippen LogP contribution is -2.44. The van der Waals surface area contributed by atoms with E-state index in [0.717, 1.165) is 28.3 Å². The minimum atomic E-state index is -0.167. The Labute approximate surface area is 149 Å². The van der Waals surface area contributed by atoms with Gasteiger partial charge in [0.2, 0.25) is 0 Å². The Bertz CT molecular complexity index is 707. The van der Waals surface area contributed by atoms with Gasteiger partial charge < -0.3 is 19.5 Å². The number of urea groups is 1. The molecule has 136 valence electrons. The Kier molecular flexibility index (Phi) is 6.07. The first kappa shape index (κ1) is 18.8. The van der Waals surface area contributed by atoms with E-state index in [4.69, 9.17) is 9.26 Å². The van der Waals surface area contributed by atoms with Gasteiger partial charge in [0.05, 0.1) is 18.8 Å². The Balaban J connectivity index is 2.01. The van der Waals surface area contributed by atoms with Crippen LogP contribution < -0.4 is 10.1 Å². The fourth-order valence-corrected chi connectivity index (χ4v) is 2.99. The van der Waals surface area contributed by atoms with E-state index < -0.39 is 0 Å². The van der Waals surface area contributed by atoms with Crippen LogP contribution in [0.4, 0.5) is 4.79 Å². The van der Waals surface area contributed by atoms with Gasteiger partial charge in [-0.15, -0.1) is 0 Å². The number of aromatic nitrogens is 1. The van der Waals surface area contributed by atoms with E-state index in [-0.39, 0.29) is 18.1 Å². The molecular formula is C19H27N3O3. The van der Waals surface area contributed by atoms with Gasteiger partial charge in [-0.3, -0.25) is 0 Å². The molecule has 0 saturated heterocycles. The summed E-state index contributed by atoms with van der Waals surface area (Å²) in [4.78, 5) is 14.3. The van der Waals surface area contributed by atoms with Crippen LogP contribution in [0.5, 0.6) is 5.75 Å². The number of nitrogens with zero attached hydrogens (tertiary/aromatic N) is 2. The summed E-state index contributed by atoms with van der Waals surface area (Å²) in [6, 6.07) is 7.59. The number of carbonyl (C=O) groups excluding carboxylic acids is 1. The van der Waals surface area contributed by atoms with Crippen molar-refractivity contribution in [2.75, 3.05) is 14.2 Å². The quantitative estimate of drug-likeness (QED) is 0.868. The molecule has 0 aliphatic carbocycles. The average molecular weight is 345 g/mol. The summed E-state index contributed by atoms with van der Waals surface area (Å²) >= 11 is 0. The zero-order chi connectivity index (χ0) is 18.6. The number of aryl methyl sites for hydroxylation is 2. The first-order valence-corrected chi connectivity index (χ1v) is 8.43. The Morgan fingerprint density at radius 2 is 2.00 bits per heavy atom. The van der Waals surface area contributed by atoms with E-state index in [1.807, 2.05) is 52.0 Å². The molecule has 1 aromatic heterocycles. The highest BCUT2D eigenvalue weighted by molar-refractivity contribution is 5.74. The van der Waals surface area contributed by atoms with Crippen molar-refractivity contribution < 1.29 is 14.1 Å². The maximum absolute atomic E-state index is 12.6. The highest BCUT2D eigenvalue weighted by Crippen LogP contribution is 2.22. The molecule has 0 aliphatic heterocycles. The van der Waals surface area contributed by atoms with Gasteiger partial charge in [0, 0.05) is 18.7 Å². The number of hydrogen-bond acceptors (Lipinski definition) is 4. The smallest absolute Gasteiger partial charge is 0.317 e. The van der Waals surface area contributed by atoms with Gasteiger partial charge in [-0.05, 0) is 45.7 Å². The zero-order valence-corrected chi connectivity index (χ0v) is 15.8. The molecule has 0 saturated carbocycles. The molecule has 2 atom stereocenters. The van der Waals surface area contributed by atoms with Gasteiger partial charge in [-0.2, -0.15) is 0 Å². The number of amides is 2. The standard InChI is InChI=1S/C19H27N3O3/c1-12(11-16-9-7-8-10-17(16)24-6)22(5)19(23)20-13(2)18-14(3)21-25-15(18)4/h7-10,12-13H,11H2,1-6H3,(H,20,23)/t12-,13-/m1/s1. The highest BCUT2D eigenvalue weighted by atomic mass is 16.5. The van der Waals surface area contributed by atoms with Gasteiger partial charge in [0.1, 0.15) is 11.5 Å². The second-order valence-electron chi connectivity index (χ2n) is 6.38. The van der Waals surface area contributed by atoms with Crippen molar-refractivity contribution in [1.29, 1.82) is 0 Å². The van der Waals surface area contributed by atoms with E-state index in [1.165, 1.54) is 0 Å². The summed E-state index contributed by atoms with van der Waals surface area (Å²) in [5, 5.41) is 6.96. The van der Waals surface area contributed by atoms with Crippen LogP contribution in [0.3, 0.4) is 0 Å². The number of carbonyl (C=O) groups is 1. The van der Waals surface area contributed by atoms with E-state index in [1.54, 1.807) is 19.1 Å². The number of likely N-dealkylation sites (N-methyl/N-ethyl adjacent to an activating group) is 1. The Morgan fingerprint density at radius 1 is 1.32 bits per heavy atom.